The molecule has 1 rings (SSSR count). The number of ether oxygens (including phenoxy) is 1. The average molecular weight is 308 g/mol. The Hall–Kier alpha value is -1.54. The largest absolute Gasteiger partial charge is 0.489 e. The second-order valence-electron chi connectivity index (χ2n) is 4.19. The molecule has 0 saturated carbocycles. The molecule has 0 atom stereocenters. The number of rotatable bonds is 3. The maximum Gasteiger partial charge on any atom is 0.406 e. The van der Waals surface area contributed by atoms with Gasteiger partial charge in [-0.1, -0.05) is 0 Å². The topological polar surface area (TPSA) is 9.23 Å². The van der Waals surface area contributed by atoms with E-state index in [4.69, 9.17) is 0 Å². The summed E-state index contributed by atoms with van der Waals surface area (Å²) in [5, 5.41) is 0. The van der Waals surface area contributed by atoms with E-state index in [1.54, 1.807) is 0 Å². The second-order valence-corrected chi connectivity index (χ2v) is 4.19. The lowest BCUT2D eigenvalue weighted by Crippen LogP contribution is -2.51. The quantitative estimate of drug-likeness (QED) is 0.748. The lowest BCUT2D eigenvalue weighted by Gasteiger charge is -2.33. The summed E-state index contributed by atoms with van der Waals surface area (Å²) in [4.78, 5) is 0. The predicted molar refractivity (Wildman–Crippen MR) is 52.1 cm³/mol. The maximum atomic E-state index is 13.1. The highest BCUT2D eigenvalue weighted by Crippen LogP contribution is 2.50. The van der Waals surface area contributed by atoms with E-state index in [0.717, 1.165) is 0 Å². The highest BCUT2D eigenvalue weighted by molar-refractivity contribution is 5.24. The molecule has 0 unspecified atom stereocenters. The summed E-state index contributed by atoms with van der Waals surface area (Å²) in [5.41, 5.74) is -4.17. The molecule has 0 aromatic heterocycles. The predicted octanol–water partition coefficient (Wildman–Crippen LogP) is 4.47. The molecular formula is C11H8F8O. The molecule has 0 heterocycles. The molecule has 0 aliphatic heterocycles. The molecule has 20 heavy (non-hydrogen) atoms. The van der Waals surface area contributed by atoms with Gasteiger partial charge in [0.25, 0.3) is 0 Å². The van der Waals surface area contributed by atoms with E-state index in [0.29, 0.717) is 12.1 Å². The third-order valence-corrected chi connectivity index (χ3v) is 2.66. The van der Waals surface area contributed by atoms with Crippen molar-refractivity contribution >= 4 is 0 Å². The minimum absolute atomic E-state index is 0.103. The fraction of sp³-hybridized carbons (Fsp3) is 0.455. The summed E-state index contributed by atoms with van der Waals surface area (Å²) in [6.07, 6.45) is -11.3. The number of alkyl halides is 6. The first-order valence-electron chi connectivity index (χ1n) is 5.10. The van der Waals surface area contributed by atoms with Crippen LogP contribution in [-0.2, 0) is 0 Å². The van der Waals surface area contributed by atoms with Crippen LogP contribution < -0.4 is 4.74 Å². The molecule has 0 spiro atoms. The first-order chi connectivity index (χ1) is 8.88. The van der Waals surface area contributed by atoms with E-state index in [9.17, 15) is 35.1 Å². The molecule has 0 fully saturated rings. The molecule has 0 bridgehead atoms. The molecule has 0 saturated heterocycles. The Balaban J connectivity index is 2.99. The third-order valence-electron chi connectivity index (χ3n) is 2.66. The number of hydrogen-bond acceptors (Lipinski definition) is 1. The van der Waals surface area contributed by atoms with Gasteiger partial charge in [-0.3, -0.25) is 0 Å². The lowest BCUT2D eigenvalue weighted by molar-refractivity contribution is -0.340. The van der Waals surface area contributed by atoms with Gasteiger partial charge in [-0.15, -0.1) is 0 Å². The second kappa shape index (κ2) is 5.10. The van der Waals surface area contributed by atoms with Crippen molar-refractivity contribution in [2.45, 2.75) is 19.3 Å². The molecule has 0 aliphatic carbocycles. The summed E-state index contributed by atoms with van der Waals surface area (Å²) >= 11 is 0. The summed E-state index contributed by atoms with van der Waals surface area (Å²) < 4.78 is 105. The van der Waals surface area contributed by atoms with Gasteiger partial charge in [0.1, 0.15) is 12.4 Å². The molecule has 1 aromatic rings. The Kier molecular flexibility index (Phi) is 4.21. The minimum atomic E-state index is -5.64. The standard InChI is InChI=1S/C11H8F8O/c1-9(10(14,15)16,11(17,18)19)5-20-8-3-2-6(12)4-7(8)13/h2-4H,5H2,1H3. The van der Waals surface area contributed by atoms with Crippen LogP contribution in [0.2, 0.25) is 0 Å². The third kappa shape index (κ3) is 3.13. The Bertz CT molecular complexity index is 462. The monoisotopic (exact) mass is 308 g/mol. The molecule has 0 N–H and O–H groups in total. The summed E-state index contributed by atoms with van der Waals surface area (Å²) in [7, 11) is 0. The van der Waals surface area contributed by atoms with Gasteiger partial charge < -0.3 is 4.74 Å². The molecular weight excluding hydrogens is 300 g/mol. The molecule has 0 aliphatic rings. The molecule has 9 heteroatoms. The Morgan fingerprint density at radius 3 is 1.85 bits per heavy atom. The van der Waals surface area contributed by atoms with E-state index in [1.165, 1.54) is 0 Å². The van der Waals surface area contributed by atoms with Crippen LogP contribution in [0.3, 0.4) is 0 Å². The molecule has 1 aromatic carbocycles. The zero-order valence-electron chi connectivity index (χ0n) is 9.87. The Morgan fingerprint density at radius 2 is 1.45 bits per heavy atom. The van der Waals surface area contributed by atoms with E-state index in [2.05, 4.69) is 4.74 Å². The zero-order valence-corrected chi connectivity index (χ0v) is 9.87. The van der Waals surface area contributed by atoms with Gasteiger partial charge in [-0.05, 0) is 19.1 Å². The van der Waals surface area contributed by atoms with Crippen molar-refractivity contribution in [3.8, 4) is 5.75 Å². The number of benzene rings is 1. The van der Waals surface area contributed by atoms with Crippen LogP contribution in [0, 0.1) is 17.0 Å². The van der Waals surface area contributed by atoms with Crippen LogP contribution in [0.15, 0.2) is 18.2 Å². The fourth-order valence-corrected chi connectivity index (χ4v) is 1.14. The van der Waals surface area contributed by atoms with Gasteiger partial charge in [-0.2, -0.15) is 26.3 Å². The van der Waals surface area contributed by atoms with Crippen LogP contribution in [-0.4, -0.2) is 19.0 Å². The fourth-order valence-electron chi connectivity index (χ4n) is 1.14. The van der Waals surface area contributed by atoms with Crippen molar-refractivity contribution in [2.75, 3.05) is 6.61 Å². The van der Waals surface area contributed by atoms with E-state index in [1.807, 2.05) is 0 Å². The van der Waals surface area contributed by atoms with Crippen molar-refractivity contribution < 1.29 is 39.9 Å². The van der Waals surface area contributed by atoms with Crippen LogP contribution in [0.4, 0.5) is 35.1 Å². The van der Waals surface area contributed by atoms with Gasteiger partial charge >= 0.3 is 12.4 Å². The van der Waals surface area contributed by atoms with Gasteiger partial charge in [0.05, 0.1) is 0 Å². The lowest BCUT2D eigenvalue weighted by atomic mass is 9.90. The molecule has 114 valence electrons. The van der Waals surface area contributed by atoms with Crippen molar-refractivity contribution in [1.82, 2.24) is 0 Å². The van der Waals surface area contributed by atoms with Crippen LogP contribution >= 0.6 is 0 Å². The van der Waals surface area contributed by atoms with Crippen LogP contribution in [0.5, 0.6) is 5.75 Å². The van der Waals surface area contributed by atoms with Crippen molar-refractivity contribution in [3.63, 3.8) is 0 Å². The van der Waals surface area contributed by atoms with Crippen molar-refractivity contribution in [2.24, 2.45) is 5.41 Å². The first-order valence-corrected chi connectivity index (χ1v) is 5.10. The highest BCUT2D eigenvalue weighted by Gasteiger charge is 2.68. The first kappa shape index (κ1) is 16.5. The van der Waals surface area contributed by atoms with Gasteiger partial charge in [0.15, 0.2) is 17.0 Å². The SMILES string of the molecule is CC(COc1ccc(F)cc1F)(C(F)(F)F)C(F)(F)F. The maximum absolute atomic E-state index is 13.1. The van der Waals surface area contributed by atoms with E-state index >= 15 is 0 Å². The van der Waals surface area contributed by atoms with Crippen LogP contribution in [0.25, 0.3) is 0 Å². The summed E-state index contributed by atoms with van der Waals surface area (Å²) in [6, 6.07) is 1.54. The smallest absolute Gasteiger partial charge is 0.406 e. The molecule has 0 amide bonds. The number of halogens is 8. The average Bonchev–Trinajstić information content (AvgIpc) is 2.24. The highest BCUT2D eigenvalue weighted by atomic mass is 19.4. The molecule has 0 radical (unpaired) electrons. The molecule has 1 nitrogen and oxygen atoms in total. The van der Waals surface area contributed by atoms with Gasteiger partial charge in [0.2, 0.25) is 0 Å². The zero-order chi connectivity index (χ0) is 15.8. The van der Waals surface area contributed by atoms with Gasteiger partial charge in [-0.25, -0.2) is 8.78 Å². The Labute approximate surface area is 108 Å². The van der Waals surface area contributed by atoms with E-state index in [-0.39, 0.29) is 13.0 Å². The number of hydrogen-bond donors (Lipinski definition) is 0. The van der Waals surface area contributed by atoms with Gasteiger partial charge in [0, 0.05) is 6.07 Å². The minimum Gasteiger partial charge on any atom is -0.489 e. The Morgan fingerprint density at radius 1 is 0.950 bits per heavy atom. The van der Waals surface area contributed by atoms with Crippen molar-refractivity contribution in [3.05, 3.63) is 29.8 Å². The van der Waals surface area contributed by atoms with E-state index < -0.39 is 41.8 Å². The van der Waals surface area contributed by atoms with Crippen molar-refractivity contribution in [1.29, 1.82) is 0 Å². The summed E-state index contributed by atoms with van der Waals surface area (Å²) in [6.45, 7) is -1.98. The van der Waals surface area contributed by atoms with Crippen LogP contribution in [0.1, 0.15) is 6.92 Å². The summed E-state index contributed by atoms with van der Waals surface area (Å²) in [5.74, 6) is -3.33. The normalized spacial score (nSPS) is 13.4.